The molecule has 1 aromatic rings. The van der Waals surface area contributed by atoms with E-state index in [9.17, 15) is 14.9 Å². The van der Waals surface area contributed by atoms with E-state index in [1.54, 1.807) is 6.07 Å². The topological polar surface area (TPSA) is 107 Å². The zero-order valence-electron chi connectivity index (χ0n) is 12.5. The van der Waals surface area contributed by atoms with Crippen LogP contribution in [0, 0.1) is 10.1 Å². The largest absolute Gasteiger partial charge is 0.493 e. The maximum atomic E-state index is 10.9. The zero-order valence-corrected chi connectivity index (χ0v) is 12.5. The first-order chi connectivity index (χ1) is 9.69. The Bertz CT molecular complexity index is 523. The number of carbonyl (C=O) groups excluding carboxylic acids is 1. The molecule has 0 saturated carbocycles. The summed E-state index contributed by atoms with van der Waals surface area (Å²) in [6, 6.07) is 4.39. The van der Waals surface area contributed by atoms with Crippen molar-refractivity contribution in [2.45, 2.75) is 39.3 Å². The Kier molecular flexibility index (Phi) is 5.66. The Hall–Kier alpha value is -2.15. The number of primary amides is 1. The Morgan fingerprint density at radius 2 is 2.10 bits per heavy atom. The molecule has 0 aliphatic carbocycles. The summed E-state index contributed by atoms with van der Waals surface area (Å²) in [4.78, 5) is 21.1. The zero-order chi connectivity index (χ0) is 16.0. The molecule has 0 saturated heterocycles. The van der Waals surface area contributed by atoms with Crippen molar-refractivity contribution in [2.24, 2.45) is 5.73 Å². The number of nitrogens with one attached hydrogen (secondary N) is 1. The molecule has 0 unspecified atom stereocenters. The molecule has 0 aliphatic heterocycles. The van der Waals surface area contributed by atoms with E-state index >= 15 is 0 Å². The summed E-state index contributed by atoms with van der Waals surface area (Å²) in [5.41, 5.74) is 5.60. The van der Waals surface area contributed by atoms with Crippen LogP contribution in [0.15, 0.2) is 18.2 Å². The molecule has 0 aliphatic rings. The van der Waals surface area contributed by atoms with Gasteiger partial charge in [0.15, 0.2) is 0 Å². The average molecular weight is 295 g/mol. The predicted molar refractivity (Wildman–Crippen MR) is 79.0 cm³/mol. The van der Waals surface area contributed by atoms with Gasteiger partial charge in [0.2, 0.25) is 5.91 Å². The van der Waals surface area contributed by atoms with Gasteiger partial charge in [-0.15, -0.1) is 0 Å². The van der Waals surface area contributed by atoms with Crippen molar-refractivity contribution in [3.05, 3.63) is 33.9 Å². The quantitative estimate of drug-likeness (QED) is 0.588. The smallest absolute Gasteiger partial charge is 0.270 e. The van der Waals surface area contributed by atoms with Crippen molar-refractivity contribution < 1.29 is 14.5 Å². The molecule has 1 amide bonds. The lowest BCUT2D eigenvalue weighted by Crippen LogP contribution is -2.35. The molecule has 0 radical (unpaired) electrons. The second-order valence-electron chi connectivity index (χ2n) is 5.72. The first kappa shape index (κ1) is 16.9. The summed E-state index contributed by atoms with van der Waals surface area (Å²) in [6.45, 7) is 6.57. The van der Waals surface area contributed by atoms with Crippen molar-refractivity contribution in [1.82, 2.24) is 5.32 Å². The first-order valence-electron chi connectivity index (χ1n) is 6.62. The van der Waals surface area contributed by atoms with Crippen LogP contribution in [-0.2, 0) is 11.3 Å². The van der Waals surface area contributed by atoms with Gasteiger partial charge < -0.3 is 15.8 Å². The van der Waals surface area contributed by atoms with Gasteiger partial charge in [-0.1, -0.05) is 0 Å². The van der Waals surface area contributed by atoms with Crippen LogP contribution in [0.4, 0.5) is 5.69 Å². The van der Waals surface area contributed by atoms with Crippen LogP contribution in [0.1, 0.15) is 32.8 Å². The summed E-state index contributed by atoms with van der Waals surface area (Å²) < 4.78 is 5.48. The average Bonchev–Trinajstić information content (AvgIpc) is 2.35. The minimum atomic E-state index is -0.453. The Morgan fingerprint density at radius 1 is 1.43 bits per heavy atom. The van der Waals surface area contributed by atoms with E-state index in [1.807, 2.05) is 20.8 Å². The second kappa shape index (κ2) is 7.03. The fraction of sp³-hybridized carbons (Fsp3) is 0.500. The maximum Gasteiger partial charge on any atom is 0.270 e. The molecule has 0 aromatic heterocycles. The van der Waals surface area contributed by atoms with Gasteiger partial charge in [-0.2, -0.15) is 0 Å². The Balaban J connectivity index is 2.88. The van der Waals surface area contributed by atoms with Crippen LogP contribution in [0.5, 0.6) is 5.75 Å². The Morgan fingerprint density at radius 3 is 2.62 bits per heavy atom. The molecule has 1 rings (SSSR count). The van der Waals surface area contributed by atoms with Crippen molar-refractivity contribution in [3.8, 4) is 5.75 Å². The van der Waals surface area contributed by atoms with Crippen LogP contribution < -0.4 is 15.8 Å². The van der Waals surface area contributed by atoms with Crippen molar-refractivity contribution in [3.63, 3.8) is 0 Å². The fourth-order valence-corrected chi connectivity index (χ4v) is 1.58. The summed E-state index contributed by atoms with van der Waals surface area (Å²) >= 11 is 0. The number of rotatable bonds is 7. The van der Waals surface area contributed by atoms with E-state index < -0.39 is 10.8 Å². The number of benzene rings is 1. The molecule has 1 aromatic carbocycles. The highest BCUT2D eigenvalue weighted by molar-refractivity contribution is 5.73. The van der Waals surface area contributed by atoms with Gasteiger partial charge in [0.05, 0.1) is 18.0 Å². The number of nitro groups is 1. The summed E-state index contributed by atoms with van der Waals surface area (Å²) in [5.74, 6) is 0.0601. The van der Waals surface area contributed by atoms with E-state index in [0.29, 0.717) is 17.9 Å². The van der Waals surface area contributed by atoms with Gasteiger partial charge >= 0.3 is 0 Å². The van der Waals surface area contributed by atoms with Gasteiger partial charge in [0.1, 0.15) is 5.75 Å². The van der Waals surface area contributed by atoms with E-state index in [-0.39, 0.29) is 24.3 Å². The lowest BCUT2D eigenvalue weighted by Gasteiger charge is -2.21. The molecule has 7 nitrogen and oxygen atoms in total. The maximum absolute atomic E-state index is 10.9. The standard InChI is InChI=1S/C14H21N3O4/c1-14(2,3)16-9-10-8-11(17(19)20)4-5-12(10)21-7-6-13(15)18/h4-5,8,16H,6-7,9H2,1-3H3,(H2,15,18). The number of hydrogen-bond acceptors (Lipinski definition) is 5. The van der Waals surface area contributed by atoms with Crippen molar-refractivity contribution in [2.75, 3.05) is 6.61 Å². The Labute approximate surface area is 123 Å². The number of amides is 1. The number of nitro benzene ring substituents is 1. The number of carbonyl (C=O) groups is 1. The van der Waals surface area contributed by atoms with E-state index in [4.69, 9.17) is 10.5 Å². The van der Waals surface area contributed by atoms with Gasteiger partial charge in [-0.3, -0.25) is 14.9 Å². The molecule has 3 N–H and O–H groups in total. The first-order valence-corrected chi connectivity index (χ1v) is 6.62. The molecule has 0 fully saturated rings. The summed E-state index contributed by atoms with van der Waals surface area (Å²) in [6.07, 6.45) is 0.100. The predicted octanol–water partition coefficient (Wildman–Crippen LogP) is 1.74. The van der Waals surface area contributed by atoms with Gasteiger partial charge in [0, 0.05) is 29.8 Å². The number of nitrogens with zero attached hydrogens (tertiary/aromatic N) is 1. The third-order valence-electron chi connectivity index (χ3n) is 2.67. The van der Waals surface area contributed by atoms with Crippen LogP contribution >= 0.6 is 0 Å². The molecule has 0 atom stereocenters. The molecule has 0 heterocycles. The second-order valence-corrected chi connectivity index (χ2v) is 5.72. The number of ether oxygens (including phenoxy) is 1. The van der Waals surface area contributed by atoms with Gasteiger partial charge in [0.25, 0.3) is 5.69 Å². The van der Waals surface area contributed by atoms with Gasteiger partial charge in [-0.05, 0) is 26.8 Å². The van der Waals surface area contributed by atoms with Crippen molar-refractivity contribution in [1.29, 1.82) is 0 Å². The lowest BCUT2D eigenvalue weighted by molar-refractivity contribution is -0.384. The SMILES string of the molecule is CC(C)(C)NCc1cc([N+](=O)[O-])ccc1OCCC(N)=O. The van der Waals surface area contributed by atoms with Crippen molar-refractivity contribution >= 4 is 11.6 Å². The molecule has 0 spiro atoms. The number of hydrogen-bond donors (Lipinski definition) is 2. The van der Waals surface area contributed by atoms with Gasteiger partial charge in [-0.25, -0.2) is 0 Å². The molecule has 116 valence electrons. The highest BCUT2D eigenvalue weighted by Crippen LogP contribution is 2.25. The summed E-state index contributed by atoms with van der Waals surface area (Å²) in [5, 5.41) is 14.1. The third-order valence-corrected chi connectivity index (χ3v) is 2.67. The highest BCUT2D eigenvalue weighted by Gasteiger charge is 2.15. The number of non-ortho nitro benzene ring substituents is 1. The van der Waals surface area contributed by atoms with E-state index in [0.717, 1.165) is 0 Å². The molecule has 0 bridgehead atoms. The van der Waals surface area contributed by atoms with Crippen LogP contribution in [-0.4, -0.2) is 23.0 Å². The minimum Gasteiger partial charge on any atom is -0.493 e. The van der Waals surface area contributed by atoms with Crippen LogP contribution in [0.3, 0.4) is 0 Å². The molecular formula is C14H21N3O4. The monoisotopic (exact) mass is 295 g/mol. The van der Waals surface area contributed by atoms with E-state index in [2.05, 4.69) is 5.32 Å². The molecule has 7 heteroatoms. The number of nitrogens with two attached hydrogens (primary N) is 1. The molecule has 21 heavy (non-hydrogen) atoms. The lowest BCUT2D eigenvalue weighted by atomic mass is 10.1. The normalized spacial score (nSPS) is 11.2. The molecular weight excluding hydrogens is 274 g/mol. The van der Waals surface area contributed by atoms with E-state index in [1.165, 1.54) is 12.1 Å². The summed E-state index contributed by atoms with van der Waals surface area (Å²) in [7, 11) is 0. The third kappa shape index (κ3) is 6.22. The highest BCUT2D eigenvalue weighted by atomic mass is 16.6. The minimum absolute atomic E-state index is 0.00274. The fourth-order valence-electron chi connectivity index (χ4n) is 1.58. The van der Waals surface area contributed by atoms with Crippen LogP contribution in [0.2, 0.25) is 0 Å². The van der Waals surface area contributed by atoms with Crippen LogP contribution in [0.25, 0.3) is 0 Å².